The van der Waals surface area contributed by atoms with Gasteiger partial charge in [0.15, 0.2) is 17.3 Å². The van der Waals surface area contributed by atoms with Crippen LogP contribution in [0.5, 0.6) is 5.75 Å². The highest BCUT2D eigenvalue weighted by molar-refractivity contribution is 6.00. The first-order chi connectivity index (χ1) is 16.5. The molecule has 3 N–H and O–H groups in total. The molecule has 166 valence electrons. The summed E-state index contributed by atoms with van der Waals surface area (Å²) in [6.07, 6.45) is 2.94. The summed E-state index contributed by atoms with van der Waals surface area (Å²) in [5, 5.41) is 23.1. The smallest absolute Gasteiger partial charge is 0.273 e. The van der Waals surface area contributed by atoms with E-state index in [1.165, 1.54) is 30.2 Å². The van der Waals surface area contributed by atoms with Crippen molar-refractivity contribution in [3.63, 3.8) is 0 Å². The number of carbonyl (C=O) groups excluding carboxylic acids is 2. The molecule has 1 aliphatic rings. The molecule has 0 saturated heterocycles. The fraction of sp³-hybridized carbons (Fsp3) is 0.300. The molecule has 1 aromatic carbocycles. The molecule has 0 radical (unpaired) electrons. The van der Waals surface area contributed by atoms with Gasteiger partial charge in [-0.15, -0.1) is 10.2 Å². The Morgan fingerprint density at radius 2 is 2.06 bits per heavy atom. The number of nitrogens with one attached hydrogen (secondary N) is 3. The predicted molar refractivity (Wildman–Crippen MR) is 113 cm³/mol. The molecule has 1 saturated carbocycles. The Morgan fingerprint density at radius 3 is 2.72 bits per heavy atom. The van der Waals surface area contributed by atoms with Crippen molar-refractivity contribution < 1.29 is 22.8 Å². The number of rotatable bonds is 7. The minimum absolute atomic E-state index is 0.0272. The third-order valence-corrected chi connectivity index (χ3v) is 4.72. The zero-order valence-electron chi connectivity index (χ0n) is 20.1. The van der Waals surface area contributed by atoms with E-state index in [1.807, 2.05) is 5.32 Å². The quantitative estimate of drug-likeness (QED) is 0.504. The molecule has 4 rings (SSSR count). The van der Waals surface area contributed by atoms with Gasteiger partial charge in [0, 0.05) is 36.2 Å². The van der Waals surface area contributed by atoms with E-state index in [2.05, 4.69) is 31.0 Å². The SMILES string of the molecule is [2H]C([2H])([2H])NC(=O)c1nnc(NC(=O)C2CC2)cc1Nc1cc(F)cc(-c2cnn(C)n2)c1OC. The lowest BCUT2D eigenvalue weighted by Crippen LogP contribution is -2.22. The van der Waals surface area contributed by atoms with Crippen molar-refractivity contribution in [2.75, 3.05) is 24.7 Å². The van der Waals surface area contributed by atoms with Gasteiger partial charge < -0.3 is 20.7 Å². The largest absolute Gasteiger partial charge is 0.494 e. The van der Waals surface area contributed by atoms with Crippen molar-refractivity contribution >= 4 is 29.0 Å². The molecule has 0 aliphatic heterocycles. The highest BCUT2D eigenvalue weighted by Gasteiger charge is 2.30. The number of hydrogen-bond acceptors (Lipinski definition) is 8. The Morgan fingerprint density at radius 1 is 1.25 bits per heavy atom. The van der Waals surface area contributed by atoms with Crippen molar-refractivity contribution in [2.45, 2.75) is 12.8 Å². The molecule has 2 aromatic heterocycles. The van der Waals surface area contributed by atoms with Crippen LogP contribution in [0.1, 0.15) is 27.4 Å². The first-order valence-corrected chi connectivity index (χ1v) is 9.56. The Bertz CT molecular complexity index is 1290. The van der Waals surface area contributed by atoms with Crippen molar-refractivity contribution in [2.24, 2.45) is 13.0 Å². The van der Waals surface area contributed by atoms with Crippen LogP contribution in [0.2, 0.25) is 0 Å². The number of anilines is 3. The summed E-state index contributed by atoms with van der Waals surface area (Å²) >= 11 is 0. The second-order valence-corrected chi connectivity index (χ2v) is 7.09. The Labute approximate surface area is 186 Å². The zero-order chi connectivity index (χ0) is 25.3. The number of halogens is 1. The summed E-state index contributed by atoms with van der Waals surface area (Å²) in [7, 11) is 2.97. The van der Waals surface area contributed by atoms with E-state index < -0.39 is 24.4 Å². The first kappa shape index (κ1) is 17.6. The summed E-state index contributed by atoms with van der Waals surface area (Å²) in [4.78, 5) is 26.1. The van der Waals surface area contributed by atoms with E-state index >= 15 is 0 Å². The van der Waals surface area contributed by atoms with E-state index in [-0.39, 0.29) is 40.3 Å². The van der Waals surface area contributed by atoms with Gasteiger partial charge in [0.25, 0.3) is 5.91 Å². The third-order valence-electron chi connectivity index (χ3n) is 4.72. The van der Waals surface area contributed by atoms with Gasteiger partial charge in [0.2, 0.25) is 5.91 Å². The second-order valence-electron chi connectivity index (χ2n) is 7.09. The van der Waals surface area contributed by atoms with Gasteiger partial charge in [-0.1, -0.05) is 0 Å². The minimum atomic E-state index is -2.79. The van der Waals surface area contributed by atoms with E-state index in [0.29, 0.717) is 5.69 Å². The lowest BCUT2D eigenvalue weighted by Gasteiger charge is -2.16. The maximum Gasteiger partial charge on any atom is 0.273 e. The molecule has 1 fully saturated rings. The maximum atomic E-state index is 14.6. The Balaban J connectivity index is 1.76. The van der Waals surface area contributed by atoms with Crippen LogP contribution in [0.4, 0.5) is 21.6 Å². The van der Waals surface area contributed by atoms with Crippen molar-refractivity contribution in [1.29, 1.82) is 0 Å². The van der Waals surface area contributed by atoms with Crippen LogP contribution >= 0.6 is 0 Å². The molecule has 2 amide bonds. The molecule has 2 heterocycles. The average Bonchev–Trinajstić information content (AvgIpc) is 3.53. The van der Waals surface area contributed by atoms with Crippen LogP contribution in [0.15, 0.2) is 24.4 Å². The zero-order valence-corrected chi connectivity index (χ0v) is 17.1. The predicted octanol–water partition coefficient (Wildman–Crippen LogP) is 1.87. The molecule has 0 bridgehead atoms. The number of aromatic nitrogens is 5. The van der Waals surface area contributed by atoms with Crippen LogP contribution in [-0.4, -0.2) is 51.1 Å². The molecule has 3 aromatic rings. The number of benzene rings is 1. The van der Waals surface area contributed by atoms with Crippen LogP contribution in [0, 0.1) is 11.7 Å². The molecule has 0 spiro atoms. The maximum absolute atomic E-state index is 14.6. The van der Waals surface area contributed by atoms with Crippen LogP contribution < -0.4 is 20.7 Å². The molecule has 32 heavy (non-hydrogen) atoms. The summed E-state index contributed by atoms with van der Waals surface area (Å²) in [5.74, 6) is -1.87. The number of ether oxygens (including phenoxy) is 1. The van der Waals surface area contributed by atoms with Crippen LogP contribution in [0.25, 0.3) is 11.3 Å². The van der Waals surface area contributed by atoms with Crippen molar-refractivity contribution in [3.8, 4) is 17.0 Å². The molecule has 1 aliphatic carbocycles. The normalized spacial score (nSPS) is 14.7. The van der Waals surface area contributed by atoms with E-state index in [9.17, 15) is 14.0 Å². The average molecular weight is 443 g/mol. The monoisotopic (exact) mass is 443 g/mol. The standard InChI is InChI=1S/C20H21FN8O3/c1-22-20(31)17-13(8-16(26-27-17)25-19(30)10-4-5-10)24-14-7-11(21)6-12(18(14)32-3)15-9-23-29(2)28-15/h6-10H,4-5H2,1-3H3,(H,22,31)(H2,24,25,26,30)/i1D3. The number of hydrogen-bond donors (Lipinski definition) is 3. The van der Waals surface area contributed by atoms with Gasteiger partial charge in [-0.2, -0.15) is 15.0 Å². The molecule has 11 nitrogen and oxygen atoms in total. The lowest BCUT2D eigenvalue weighted by molar-refractivity contribution is -0.117. The first-order valence-electron chi connectivity index (χ1n) is 11.1. The number of methoxy groups -OCH3 is 1. The fourth-order valence-corrected chi connectivity index (χ4v) is 3.06. The lowest BCUT2D eigenvalue weighted by atomic mass is 10.1. The Hall–Kier alpha value is -4.09. The van der Waals surface area contributed by atoms with Crippen molar-refractivity contribution in [1.82, 2.24) is 30.5 Å². The summed E-state index contributed by atoms with van der Waals surface area (Å²) in [5.41, 5.74) is 0.265. The number of carbonyl (C=O) groups is 2. The molecular weight excluding hydrogens is 419 g/mol. The third kappa shape index (κ3) is 4.33. The van der Waals surface area contributed by atoms with Gasteiger partial charge in [-0.05, 0) is 18.9 Å². The molecular formula is C20H21FN8O3. The van der Waals surface area contributed by atoms with Gasteiger partial charge in [-0.25, -0.2) is 4.39 Å². The van der Waals surface area contributed by atoms with Crippen LogP contribution in [-0.2, 0) is 11.8 Å². The van der Waals surface area contributed by atoms with Crippen LogP contribution in [0.3, 0.4) is 0 Å². The summed E-state index contributed by atoms with van der Waals surface area (Å²) in [6.45, 7) is -2.79. The number of amides is 2. The second kappa shape index (κ2) is 8.57. The fourth-order valence-electron chi connectivity index (χ4n) is 3.06. The minimum Gasteiger partial charge on any atom is -0.494 e. The van der Waals surface area contributed by atoms with Crippen molar-refractivity contribution in [3.05, 3.63) is 35.9 Å². The highest BCUT2D eigenvalue weighted by Crippen LogP contribution is 2.38. The summed E-state index contributed by atoms with van der Waals surface area (Å²) < 4.78 is 42.0. The Kier molecular flexibility index (Phi) is 4.71. The van der Waals surface area contributed by atoms with E-state index in [1.54, 1.807) is 7.05 Å². The van der Waals surface area contributed by atoms with E-state index in [4.69, 9.17) is 8.85 Å². The molecule has 0 unspecified atom stereocenters. The van der Waals surface area contributed by atoms with E-state index in [0.717, 1.165) is 18.9 Å². The molecule has 0 atom stereocenters. The summed E-state index contributed by atoms with van der Waals surface area (Å²) in [6, 6.07) is 3.63. The highest BCUT2D eigenvalue weighted by atomic mass is 19.1. The van der Waals surface area contributed by atoms with Gasteiger partial charge in [0.05, 0.1) is 30.2 Å². The van der Waals surface area contributed by atoms with Gasteiger partial charge >= 0.3 is 0 Å². The topological polar surface area (TPSA) is 136 Å². The number of aryl methyl sites for hydroxylation is 1. The van der Waals surface area contributed by atoms with Gasteiger partial charge in [-0.3, -0.25) is 9.59 Å². The van der Waals surface area contributed by atoms with Gasteiger partial charge in [0.1, 0.15) is 11.5 Å². The molecule has 12 heteroatoms. The number of nitrogens with zero attached hydrogens (tertiary/aromatic N) is 5.